The first-order valence-corrected chi connectivity index (χ1v) is 8.10. The molecule has 16 heavy (non-hydrogen) atoms. The summed E-state index contributed by atoms with van der Waals surface area (Å²) in [4.78, 5) is 0. The highest BCUT2D eigenvalue weighted by atomic mass is 28.4. The molecule has 0 aromatic carbocycles. The van der Waals surface area contributed by atoms with E-state index < -0.39 is 8.80 Å². The van der Waals surface area contributed by atoms with Gasteiger partial charge < -0.3 is 13.3 Å². The van der Waals surface area contributed by atoms with Crippen molar-refractivity contribution in [1.29, 1.82) is 0 Å². The SMILES string of the molecule is CC=C[Si](OCCC)(OCCC)OCCC. The number of hydrogen-bond donors (Lipinski definition) is 0. The number of rotatable bonds is 10. The molecule has 0 aromatic rings. The summed E-state index contributed by atoms with van der Waals surface area (Å²) < 4.78 is 17.5. The minimum atomic E-state index is -2.54. The Morgan fingerprint density at radius 1 is 0.812 bits per heavy atom. The molecule has 0 N–H and O–H groups in total. The number of hydrogen-bond acceptors (Lipinski definition) is 3. The molecule has 0 aliphatic heterocycles. The first kappa shape index (κ1) is 15.8. The van der Waals surface area contributed by atoms with Gasteiger partial charge in [-0.2, -0.15) is 0 Å². The molecule has 0 aliphatic rings. The maximum absolute atomic E-state index is 5.83. The Kier molecular flexibility index (Phi) is 9.92. The van der Waals surface area contributed by atoms with Crippen molar-refractivity contribution in [1.82, 2.24) is 0 Å². The zero-order valence-electron chi connectivity index (χ0n) is 11.1. The lowest BCUT2D eigenvalue weighted by atomic mass is 10.5. The van der Waals surface area contributed by atoms with Crippen molar-refractivity contribution in [3.8, 4) is 0 Å². The largest absolute Gasteiger partial charge is 0.529 e. The zero-order chi connectivity index (χ0) is 12.3. The van der Waals surface area contributed by atoms with E-state index in [-0.39, 0.29) is 0 Å². The highest BCUT2D eigenvalue weighted by Gasteiger charge is 2.37. The Labute approximate surface area is 101 Å². The monoisotopic (exact) mass is 246 g/mol. The molecule has 0 spiro atoms. The molecule has 0 rings (SSSR count). The van der Waals surface area contributed by atoms with Crippen molar-refractivity contribution in [3.05, 3.63) is 11.8 Å². The minimum absolute atomic E-state index is 0.698. The standard InChI is InChI=1S/C12H26O3Si/c1-5-9-13-16(12-8-4,14-10-6-2)15-11-7-3/h8,12H,5-7,9-11H2,1-4H3. The van der Waals surface area contributed by atoms with Gasteiger partial charge in [0.15, 0.2) is 0 Å². The van der Waals surface area contributed by atoms with E-state index in [9.17, 15) is 0 Å². The van der Waals surface area contributed by atoms with Crippen LogP contribution in [0.15, 0.2) is 11.8 Å². The minimum Gasteiger partial charge on any atom is -0.370 e. The smallest absolute Gasteiger partial charge is 0.370 e. The Morgan fingerprint density at radius 3 is 1.44 bits per heavy atom. The summed E-state index contributed by atoms with van der Waals surface area (Å²) in [6, 6.07) is 0. The fraction of sp³-hybridized carbons (Fsp3) is 0.833. The average Bonchev–Trinajstić information content (AvgIpc) is 2.31. The predicted octanol–water partition coefficient (Wildman–Crippen LogP) is 3.32. The van der Waals surface area contributed by atoms with Crippen LogP contribution in [0.5, 0.6) is 0 Å². The Hall–Kier alpha value is -0.163. The van der Waals surface area contributed by atoms with Crippen LogP contribution in [0.2, 0.25) is 0 Å². The van der Waals surface area contributed by atoms with E-state index in [1.54, 1.807) is 0 Å². The second-order valence-corrected chi connectivity index (χ2v) is 6.06. The normalized spacial score (nSPS) is 12.5. The summed E-state index contributed by atoms with van der Waals surface area (Å²) >= 11 is 0. The Morgan fingerprint density at radius 2 is 1.19 bits per heavy atom. The van der Waals surface area contributed by atoms with Gasteiger partial charge in [-0.15, -0.1) is 0 Å². The van der Waals surface area contributed by atoms with Gasteiger partial charge in [-0.3, -0.25) is 0 Å². The molecule has 0 fully saturated rings. The van der Waals surface area contributed by atoms with E-state index in [1.807, 2.05) is 18.7 Å². The Bertz CT molecular complexity index is 161. The van der Waals surface area contributed by atoms with Crippen molar-refractivity contribution >= 4 is 8.80 Å². The lowest BCUT2D eigenvalue weighted by Crippen LogP contribution is -2.45. The van der Waals surface area contributed by atoms with Crippen molar-refractivity contribution in [3.63, 3.8) is 0 Å². The van der Waals surface area contributed by atoms with Gasteiger partial charge in [0, 0.05) is 19.8 Å². The highest BCUT2D eigenvalue weighted by Crippen LogP contribution is 2.13. The van der Waals surface area contributed by atoms with Crippen molar-refractivity contribution in [2.24, 2.45) is 0 Å². The van der Waals surface area contributed by atoms with Crippen LogP contribution in [0.4, 0.5) is 0 Å². The highest BCUT2D eigenvalue weighted by molar-refractivity contribution is 6.66. The van der Waals surface area contributed by atoms with Crippen molar-refractivity contribution in [2.45, 2.75) is 47.0 Å². The molecule has 4 heteroatoms. The van der Waals surface area contributed by atoms with Crippen molar-refractivity contribution in [2.75, 3.05) is 19.8 Å². The van der Waals surface area contributed by atoms with Crippen LogP contribution in [0.3, 0.4) is 0 Å². The van der Waals surface area contributed by atoms with Crippen LogP contribution in [-0.2, 0) is 13.3 Å². The summed E-state index contributed by atoms with van der Waals surface area (Å²) in [5.41, 5.74) is 1.98. The van der Waals surface area contributed by atoms with Gasteiger partial charge in [-0.1, -0.05) is 26.8 Å². The van der Waals surface area contributed by atoms with E-state index in [1.165, 1.54) is 0 Å². The molecule has 0 aliphatic carbocycles. The summed E-state index contributed by atoms with van der Waals surface area (Å²) in [7, 11) is -2.54. The van der Waals surface area contributed by atoms with E-state index in [0.717, 1.165) is 19.3 Å². The summed E-state index contributed by atoms with van der Waals surface area (Å²) in [6.07, 6.45) is 4.92. The van der Waals surface area contributed by atoms with Crippen LogP contribution < -0.4 is 0 Å². The van der Waals surface area contributed by atoms with E-state index >= 15 is 0 Å². The quantitative estimate of drug-likeness (QED) is 0.553. The molecule has 0 aromatic heterocycles. The second kappa shape index (κ2) is 10.0. The molecule has 3 nitrogen and oxygen atoms in total. The third kappa shape index (κ3) is 6.43. The van der Waals surface area contributed by atoms with E-state index in [2.05, 4.69) is 20.8 Å². The molecule has 0 bridgehead atoms. The third-order valence-corrected chi connectivity index (χ3v) is 4.45. The fourth-order valence-corrected chi connectivity index (χ4v) is 3.62. The molecule has 0 atom stereocenters. The van der Waals surface area contributed by atoms with Gasteiger partial charge in [0.1, 0.15) is 0 Å². The first-order valence-electron chi connectivity index (χ1n) is 6.30. The summed E-state index contributed by atoms with van der Waals surface area (Å²) in [6.45, 7) is 10.3. The Balaban J connectivity index is 4.45. The number of allylic oxidation sites excluding steroid dienone is 1. The van der Waals surface area contributed by atoms with Gasteiger partial charge >= 0.3 is 8.80 Å². The van der Waals surface area contributed by atoms with Gasteiger partial charge in [-0.25, -0.2) is 0 Å². The lowest BCUT2D eigenvalue weighted by Gasteiger charge is -2.26. The maximum atomic E-state index is 5.83. The van der Waals surface area contributed by atoms with E-state index in [4.69, 9.17) is 13.3 Å². The zero-order valence-corrected chi connectivity index (χ0v) is 12.1. The molecule has 0 saturated carbocycles. The molecule has 0 amide bonds. The molecule has 0 radical (unpaired) electrons. The summed E-state index contributed by atoms with van der Waals surface area (Å²) in [5.74, 6) is 0. The molecular formula is C12H26O3Si. The van der Waals surface area contributed by atoms with Crippen LogP contribution in [0.1, 0.15) is 47.0 Å². The molecular weight excluding hydrogens is 220 g/mol. The molecule has 0 saturated heterocycles. The van der Waals surface area contributed by atoms with Crippen molar-refractivity contribution < 1.29 is 13.3 Å². The third-order valence-electron chi connectivity index (χ3n) is 1.89. The topological polar surface area (TPSA) is 27.7 Å². The van der Waals surface area contributed by atoms with Gasteiger partial charge in [0.2, 0.25) is 0 Å². The first-order chi connectivity index (χ1) is 7.74. The maximum Gasteiger partial charge on any atom is 0.529 e. The average molecular weight is 246 g/mol. The lowest BCUT2D eigenvalue weighted by molar-refractivity contribution is 0.0716. The van der Waals surface area contributed by atoms with Crippen LogP contribution in [0, 0.1) is 0 Å². The van der Waals surface area contributed by atoms with Gasteiger partial charge in [0.25, 0.3) is 0 Å². The molecule has 96 valence electrons. The van der Waals surface area contributed by atoms with Crippen LogP contribution in [-0.4, -0.2) is 28.6 Å². The summed E-state index contributed by atoms with van der Waals surface area (Å²) in [5, 5.41) is 0. The van der Waals surface area contributed by atoms with Crippen LogP contribution >= 0.6 is 0 Å². The van der Waals surface area contributed by atoms with E-state index in [0.29, 0.717) is 19.8 Å². The molecule has 0 unspecified atom stereocenters. The van der Waals surface area contributed by atoms with Gasteiger partial charge in [-0.05, 0) is 31.9 Å². The fourth-order valence-electron chi connectivity index (χ4n) is 1.21. The predicted molar refractivity (Wildman–Crippen MR) is 69.3 cm³/mol. The second-order valence-electron chi connectivity index (χ2n) is 3.65. The van der Waals surface area contributed by atoms with Crippen LogP contribution in [0.25, 0.3) is 0 Å². The molecule has 0 heterocycles. The van der Waals surface area contributed by atoms with Gasteiger partial charge in [0.05, 0.1) is 0 Å².